The molecule has 0 aromatic heterocycles. The van der Waals surface area contributed by atoms with Crippen LogP contribution in [0.15, 0.2) is 36.4 Å². The first-order valence-electron chi connectivity index (χ1n) is 7.72. The number of ether oxygens (including phenoxy) is 2. The molecule has 0 spiro atoms. The van der Waals surface area contributed by atoms with Gasteiger partial charge in [-0.3, -0.25) is 0 Å². The number of hydrogen-bond acceptors (Lipinski definition) is 8. The van der Waals surface area contributed by atoms with Gasteiger partial charge in [-0.1, -0.05) is 0 Å². The first kappa shape index (κ1) is 18.5. The van der Waals surface area contributed by atoms with Gasteiger partial charge in [-0.25, -0.2) is 0 Å². The molecule has 0 radical (unpaired) electrons. The van der Waals surface area contributed by atoms with Crippen LogP contribution in [0.5, 0.6) is 11.5 Å². The monoisotopic (exact) mass is 348 g/mol. The highest BCUT2D eigenvalue weighted by Crippen LogP contribution is 2.26. The molecule has 8 nitrogen and oxygen atoms in total. The molecule has 2 unspecified atom stereocenters. The minimum Gasteiger partial charge on any atom is -0.495 e. The van der Waals surface area contributed by atoms with Gasteiger partial charge in [0.2, 0.25) is 0 Å². The number of rotatable bonds is 8. The molecule has 9 N–H and O–H groups in total. The Balaban J connectivity index is 1.97. The summed E-state index contributed by atoms with van der Waals surface area (Å²) >= 11 is 0. The fourth-order valence-corrected chi connectivity index (χ4v) is 2.27. The molecule has 0 bridgehead atoms. The minimum atomic E-state index is -0.981. The van der Waals surface area contributed by atoms with Gasteiger partial charge in [0.05, 0.1) is 25.1 Å². The number of aliphatic hydroxyl groups is 2. The fourth-order valence-electron chi connectivity index (χ4n) is 2.27. The van der Waals surface area contributed by atoms with E-state index in [4.69, 9.17) is 26.7 Å². The summed E-state index contributed by atoms with van der Waals surface area (Å²) in [7, 11) is 1.54. The van der Waals surface area contributed by atoms with Crippen LogP contribution in [0.25, 0.3) is 0 Å². The maximum Gasteiger partial charge on any atom is 0.149 e. The van der Waals surface area contributed by atoms with Gasteiger partial charge in [0.1, 0.15) is 23.7 Å². The number of anilines is 4. The van der Waals surface area contributed by atoms with Crippen LogP contribution in [0.3, 0.4) is 0 Å². The van der Waals surface area contributed by atoms with Gasteiger partial charge < -0.3 is 42.2 Å². The van der Waals surface area contributed by atoms with E-state index in [1.165, 1.54) is 7.11 Å². The van der Waals surface area contributed by atoms with Crippen molar-refractivity contribution in [3.8, 4) is 11.5 Å². The Bertz CT molecular complexity index is 711. The highest BCUT2D eigenvalue weighted by molar-refractivity contribution is 5.62. The molecule has 0 amide bonds. The maximum absolute atomic E-state index is 10.3. The molecule has 2 aromatic rings. The molecule has 0 aliphatic heterocycles. The Morgan fingerprint density at radius 1 is 1.04 bits per heavy atom. The lowest BCUT2D eigenvalue weighted by molar-refractivity contribution is 0.00949. The average molecular weight is 348 g/mol. The van der Waals surface area contributed by atoms with Crippen LogP contribution >= 0.6 is 0 Å². The van der Waals surface area contributed by atoms with Crippen molar-refractivity contribution in [3.63, 3.8) is 0 Å². The Kier molecular flexibility index (Phi) is 6.15. The number of nitrogens with one attached hydrogen (secondary N) is 1. The Morgan fingerprint density at radius 2 is 1.72 bits per heavy atom. The molecule has 25 heavy (non-hydrogen) atoms. The van der Waals surface area contributed by atoms with Crippen LogP contribution in [0.1, 0.15) is 0 Å². The molecular weight excluding hydrogens is 324 g/mol. The standard InChI is InChI=1S/C17H24N4O4/c1-24-15-5-3-11(7-13(15)20)21-8-14(23)17(9-22)25-16-4-2-10(18)6-12(16)19/h2-7,14,17,21-23H,8-9,18-20H2,1H3. The zero-order valence-corrected chi connectivity index (χ0v) is 14.0. The normalized spacial score (nSPS) is 13.1. The zero-order valence-electron chi connectivity index (χ0n) is 14.0. The average Bonchev–Trinajstić information content (AvgIpc) is 2.59. The Morgan fingerprint density at radius 3 is 2.32 bits per heavy atom. The van der Waals surface area contributed by atoms with Crippen LogP contribution in [0, 0.1) is 0 Å². The predicted octanol–water partition coefficient (Wildman–Crippen LogP) is 0.654. The molecule has 0 saturated carbocycles. The summed E-state index contributed by atoms with van der Waals surface area (Å²) in [5.41, 5.74) is 19.3. The van der Waals surface area contributed by atoms with Crippen molar-refractivity contribution in [2.45, 2.75) is 12.2 Å². The van der Waals surface area contributed by atoms with Gasteiger partial charge >= 0.3 is 0 Å². The topological polar surface area (TPSA) is 149 Å². The van der Waals surface area contributed by atoms with Crippen molar-refractivity contribution in [1.82, 2.24) is 0 Å². The molecule has 0 heterocycles. The lowest BCUT2D eigenvalue weighted by atomic mass is 10.2. The van der Waals surface area contributed by atoms with Crippen molar-refractivity contribution in [2.24, 2.45) is 0 Å². The molecular formula is C17H24N4O4. The number of benzene rings is 2. The molecule has 2 atom stereocenters. The van der Waals surface area contributed by atoms with E-state index in [2.05, 4.69) is 5.32 Å². The van der Waals surface area contributed by atoms with Gasteiger partial charge in [0.15, 0.2) is 0 Å². The van der Waals surface area contributed by atoms with Gasteiger partial charge in [-0.2, -0.15) is 0 Å². The molecule has 136 valence electrons. The van der Waals surface area contributed by atoms with E-state index in [1.54, 1.807) is 36.4 Å². The second kappa shape index (κ2) is 8.32. The Hall–Kier alpha value is -2.84. The molecule has 2 aromatic carbocycles. The summed E-state index contributed by atoms with van der Waals surface area (Å²) < 4.78 is 10.7. The summed E-state index contributed by atoms with van der Waals surface area (Å²) in [4.78, 5) is 0. The fraction of sp³-hybridized carbons (Fsp3) is 0.294. The van der Waals surface area contributed by atoms with Crippen molar-refractivity contribution < 1.29 is 19.7 Å². The quantitative estimate of drug-likeness (QED) is 0.381. The highest BCUT2D eigenvalue weighted by atomic mass is 16.5. The lowest BCUT2D eigenvalue weighted by Crippen LogP contribution is -2.39. The van der Waals surface area contributed by atoms with Gasteiger partial charge in [0, 0.05) is 17.9 Å². The number of methoxy groups -OCH3 is 1. The largest absolute Gasteiger partial charge is 0.495 e. The van der Waals surface area contributed by atoms with Crippen LogP contribution in [-0.2, 0) is 0 Å². The summed E-state index contributed by atoms with van der Waals surface area (Å²) in [6, 6.07) is 9.96. The van der Waals surface area contributed by atoms with E-state index in [0.29, 0.717) is 34.2 Å². The second-order valence-electron chi connectivity index (χ2n) is 5.54. The number of hydrogen-bond donors (Lipinski definition) is 6. The first-order chi connectivity index (χ1) is 11.9. The smallest absolute Gasteiger partial charge is 0.149 e. The van der Waals surface area contributed by atoms with Crippen molar-refractivity contribution in [1.29, 1.82) is 0 Å². The number of nitrogens with two attached hydrogens (primary N) is 3. The first-order valence-corrected chi connectivity index (χ1v) is 7.72. The third kappa shape index (κ3) is 4.82. The van der Waals surface area contributed by atoms with E-state index >= 15 is 0 Å². The van der Waals surface area contributed by atoms with Crippen molar-refractivity contribution in [2.75, 3.05) is 42.8 Å². The molecule has 0 fully saturated rings. The van der Waals surface area contributed by atoms with E-state index in [1.807, 2.05) is 0 Å². The molecule has 2 rings (SSSR count). The zero-order chi connectivity index (χ0) is 18.4. The van der Waals surface area contributed by atoms with Gasteiger partial charge in [-0.15, -0.1) is 0 Å². The maximum atomic E-state index is 10.3. The third-order valence-electron chi connectivity index (χ3n) is 3.67. The van der Waals surface area contributed by atoms with Gasteiger partial charge in [-0.05, 0) is 36.4 Å². The van der Waals surface area contributed by atoms with Crippen LogP contribution in [0.2, 0.25) is 0 Å². The van der Waals surface area contributed by atoms with E-state index < -0.39 is 12.2 Å². The summed E-state index contributed by atoms with van der Waals surface area (Å²) in [6.07, 6.45) is -1.83. The summed E-state index contributed by atoms with van der Waals surface area (Å²) in [6.45, 7) is -0.233. The van der Waals surface area contributed by atoms with Crippen LogP contribution in [0.4, 0.5) is 22.7 Å². The van der Waals surface area contributed by atoms with Gasteiger partial charge in [0.25, 0.3) is 0 Å². The van der Waals surface area contributed by atoms with E-state index in [0.717, 1.165) is 0 Å². The number of aliphatic hydroxyl groups excluding tert-OH is 2. The van der Waals surface area contributed by atoms with Crippen molar-refractivity contribution in [3.05, 3.63) is 36.4 Å². The third-order valence-corrected chi connectivity index (χ3v) is 3.67. The summed E-state index contributed by atoms with van der Waals surface area (Å²) in [5.74, 6) is 0.919. The van der Waals surface area contributed by atoms with E-state index in [9.17, 15) is 10.2 Å². The minimum absolute atomic E-state index is 0.145. The summed E-state index contributed by atoms with van der Waals surface area (Å²) in [5, 5.41) is 22.8. The predicted molar refractivity (Wildman–Crippen MR) is 98.7 cm³/mol. The second-order valence-corrected chi connectivity index (χ2v) is 5.54. The van der Waals surface area contributed by atoms with Crippen LogP contribution < -0.4 is 32.0 Å². The number of nitrogen functional groups attached to an aromatic ring is 3. The van der Waals surface area contributed by atoms with E-state index in [-0.39, 0.29) is 13.2 Å². The Labute approximate surface area is 146 Å². The SMILES string of the molecule is COc1ccc(NCC(O)C(CO)Oc2ccc(N)cc2N)cc1N. The molecule has 0 aliphatic carbocycles. The molecule has 0 saturated heterocycles. The van der Waals surface area contributed by atoms with Crippen LogP contribution in [-0.4, -0.2) is 42.7 Å². The molecule has 8 heteroatoms. The lowest BCUT2D eigenvalue weighted by Gasteiger charge is -2.24. The van der Waals surface area contributed by atoms with Crippen molar-refractivity contribution >= 4 is 22.7 Å². The highest BCUT2D eigenvalue weighted by Gasteiger charge is 2.21. The molecule has 0 aliphatic rings.